The predicted octanol–water partition coefficient (Wildman–Crippen LogP) is 3.38. The van der Waals surface area contributed by atoms with E-state index in [2.05, 4.69) is 9.71 Å². The molecule has 0 unspecified atom stereocenters. The van der Waals surface area contributed by atoms with Gasteiger partial charge in [0.15, 0.2) is 4.90 Å². The van der Waals surface area contributed by atoms with Crippen molar-refractivity contribution in [1.29, 1.82) is 0 Å². The molecule has 0 saturated carbocycles. The Kier molecular flexibility index (Phi) is 5.59. The van der Waals surface area contributed by atoms with E-state index >= 15 is 0 Å². The van der Waals surface area contributed by atoms with Gasteiger partial charge in [-0.2, -0.15) is 0 Å². The van der Waals surface area contributed by atoms with Crippen molar-refractivity contribution in [2.75, 3.05) is 6.54 Å². The number of benzene rings is 2. The van der Waals surface area contributed by atoms with E-state index in [4.69, 9.17) is 0 Å². The van der Waals surface area contributed by atoms with Crippen LogP contribution in [0.25, 0.3) is 10.6 Å². The van der Waals surface area contributed by atoms with Crippen LogP contribution in [0.4, 0.5) is 10.1 Å². The van der Waals surface area contributed by atoms with Crippen LogP contribution in [0.5, 0.6) is 0 Å². The molecule has 0 atom stereocenters. The molecule has 0 saturated heterocycles. The van der Waals surface area contributed by atoms with Crippen LogP contribution >= 0.6 is 11.3 Å². The van der Waals surface area contributed by atoms with E-state index < -0.39 is 20.6 Å². The van der Waals surface area contributed by atoms with Crippen molar-refractivity contribution >= 4 is 27.0 Å². The number of hydrogen-bond acceptors (Lipinski definition) is 6. The molecular weight excluding hydrogens is 393 g/mol. The van der Waals surface area contributed by atoms with Gasteiger partial charge in [0.05, 0.1) is 10.6 Å². The molecule has 140 valence electrons. The van der Waals surface area contributed by atoms with Gasteiger partial charge in [0.2, 0.25) is 10.0 Å². The van der Waals surface area contributed by atoms with Crippen molar-refractivity contribution in [1.82, 2.24) is 9.71 Å². The molecule has 1 N–H and O–H groups in total. The summed E-state index contributed by atoms with van der Waals surface area (Å²) in [5, 5.41) is 13.5. The molecule has 0 spiro atoms. The Balaban J connectivity index is 1.66. The van der Waals surface area contributed by atoms with Gasteiger partial charge in [0.1, 0.15) is 10.8 Å². The van der Waals surface area contributed by atoms with E-state index in [0.29, 0.717) is 17.1 Å². The minimum absolute atomic E-state index is 0.0426. The topological polar surface area (TPSA) is 102 Å². The van der Waals surface area contributed by atoms with Crippen LogP contribution in [0, 0.1) is 15.9 Å². The average Bonchev–Trinajstić information content (AvgIpc) is 3.11. The lowest BCUT2D eigenvalue weighted by Crippen LogP contribution is -2.26. The highest BCUT2D eigenvalue weighted by atomic mass is 32.2. The third-order valence-corrected chi connectivity index (χ3v) is 6.12. The molecule has 0 fully saturated rings. The summed E-state index contributed by atoms with van der Waals surface area (Å²) < 4.78 is 40.0. The fourth-order valence-electron chi connectivity index (χ4n) is 2.37. The van der Waals surface area contributed by atoms with E-state index in [1.165, 1.54) is 41.7 Å². The highest BCUT2D eigenvalue weighted by Crippen LogP contribution is 2.25. The normalized spacial score (nSPS) is 11.4. The zero-order valence-corrected chi connectivity index (χ0v) is 15.5. The number of rotatable bonds is 7. The summed E-state index contributed by atoms with van der Waals surface area (Å²) in [6.07, 6.45) is 0.317. The van der Waals surface area contributed by atoms with E-state index in [1.807, 2.05) is 0 Å². The van der Waals surface area contributed by atoms with Crippen LogP contribution in [0.15, 0.2) is 58.8 Å². The maximum Gasteiger partial charge on any atom is 0.289 e. The molecule has 0 amide bonds. The number of hydrogen-bond donors (Lipinski definition) is 1. The molecule has 3 aromatic rings. The van der Waals surface area contributed by atoms with Crippen LogP contribution in [0.1, 0.15) is 5.69 Å². The smallest absolute Gasteiger partial charge is 0.258 e. The standard InChI is InChI=1S/C17H14FN3O4S2/c18-13-7-5-12(6-8-13)17-20-14(11-26-17)9-10-19-27(24,25)16-4-2-1-3-15(16)21(22)23/h1-8,11,19H,9-10H2. The second-order valence-corrected chi connectivity index (χ2v) is 8.12. The third-order valence-electron chi connectivity index (χ3n) is 3.67. The fourth-order valence-corrected chi connectivity index (χ4v) is 4.44. The van der Waals surface area contributed by atoms with Gasteiger partial charge < -0.3 is 0 Å². The summed E-state index contributed by atoms with van der Waals surface area (Å²) in [6.45, 7) is 0.0426. The van der Waals surface area contributed by atoms with Crippen molar-refractivity contribution < 1.29 is 17.7 Å². The fraction of sp³-hybridized carbons (Fsp3) is 0.118. The van der Waals surface area contributed by atoms with Gasteiger partial charge in [-0.15, -0.1) is 11.3 Å². The highest BCUT2D eigenvalue weighted by molar-refractivity contribution is 7.89. The third kappa shape index (κ3) is 4.54. The molecule has 1 aromatic heterocycles. The maximum atomic E-state index is 13.0. The van der Waals surface area contributed by atoms with E-state index in [9.17, 15) is 22.9 Å². The lowest BCUT2D eigenvalue weighted by Gasteiger charge is -2.06. The SMILES string of the molecule is O=[N+]([O-])c1ccccc1S(=O)(=O)NCCc1csc(-c2ccc(F)cc2)n1. The minimum Gasteiger partial charge on any atom is -0.258 e. The molecule has 10 heteroatoms. The molecule has 27 heavy (non-hydrogen) atoms. The number of nitro groups is 1. The van der Waals surface area contributed by atoms with Crippen LogP contribution in [0.3, 0.4) is 0 Å². The quantitative estimate of drug-likeness (QED) is 0.478. The molecule has 0 aliphatic heterocycles. The maximum absolute atomic E-state index is 13.0. The number of aromatic nitrogens is 1. The Hall–Kier alpha value is -2.69. The number of nitrogens with one attached hydrogen (secondary N) is 1. The van der Waals surface area contributed by atoms with Gasteiger partial charge in [-0.05, 0) is 30.3 Å². The summed E-state index contributed by atoms with van der Waals surface area (Å²) >= 11 is 1.37. The number of thiazole rings is 1. The summed E-state index contributed by atoms with van der Waals surface area (Å²) in [5.41, 5.74) is 0.968. The van der Waals surface area contributed by atoms with Crippen molar-refractivity contribution in [2.45, 2.75) is 11.3 Å². The Morgan fingerprint density at radius 3 is 2.56 bits per heavy atom. The van der Waals surface area contributed by atoms with E-state index in [1.54, 1.807) is 17.5 Å². The monoisotopic (exact) mass is 407 g/mol. The van der Waals surface area contributed by atoms with Crippen molar-refractivity contribution in [3.8, 4) is 10.6 Å². The van der Waals surface area contributed by atoms with Crippen molar-refractivity contribution in [3.05, 3.63) is 75.5 Å². The summed E-state index contributed by atoms with van der Waals surface area (Å²) in [6, 6.07) is 11.1. The summed E-state index contributed by atoms with van der Waals surface area (Å²) in [7, 11) is -4.01. The Bertz CT molecular complexity index is 1070. The second-order valence-electron chi connectivity index (χ2n) is 5.52. The molecule has 2 aromatic carbocycles. The number of nitrogens with zero attached hydrogens (tertiary/aromatic N) is 2. The van der Waals surface area contributed by atoms with Crippen LogP contribution < -0.4 is 4.72 Å². The molecule has 0 aliphatic rings. The first-order chi connectivity index (χ1) is 12.9. The molecular formula is C17H14FN3O4S2. The van der Waals surface area contributed by atoms with E-state index in [-0.39, 0.29) is 17.3 Å². The number of para-hydroxylation sites is 1. The van der Waals surface area contributed by atoms with Crippen LogP contribution in [-0.2, 0) is 16.4 Å². The van der Waals surface area contributed by atoms with Gasteiger partial charge >= 0.3 is 0 Å². The molecule has 0 aliphatic carbocycles. The number of sulfonamides is 1. The molecule has 0 bridgehead atoms. The van der Waals surface area contributed by atoms with Gasteiger partial charge in [0.25, 0.3) is 5.69 Å². The largest absolute Gasteiger partial charge is 0.289 e. The lowest BCUT2D eigenvalue weighted by molar-refractivity contribution is -0.387. The Morgan fingerprint density at radius 1 is 1.15 bits per heavy atom. The minimum atomic E-state index is -4.01. The molecule has 7 nitrogen and oxygen atoms in total. The first-order valence-electron chi connectivity index (χ1n) is 7.80. The Morgan fingerprint density at radius 2 is 1.85 bits per heavy atom. The van der Waals surface area contributed by atoms with Gasteiger partial charge in [0, 0.05) is 30.0 Å². The summed E-state index contributed by atoms with van der Waals surface area (Å²) in [4.78, 5) is 14.3. The first kappa shape index (κ1) is 19.1. The number of nitro benzene ring substituents is 1. The van der Waals surface area contributed by atoms with Gasteiger partial charge in [-0.1, -0.05) is 12.1 Å². The second kappa shape index (κ2) is 7.91. The average molecular weight is 407 g/mol. The first-order valence-corrected chi connectivity index (χ1v) is 10.2. The van der Waals surface area contributed by atoms with Crippen molar-refractivity contribution in [2.24, 2.45) is 0 Å². The van der Waals surface area contributed by atoms with Gasteiger partial charge in [-0.3, -0.25) is 10.1 Å². The predicted molar refractivity (Wildman–Crippen MR) is 99.5 cm³/mol. The van der Waals surface area contributed by atoms with Crippen LogP contribution in [0.2, 0.25) is 0 Å². The highest BCUT2D eigenvalue weighted by Gasteiger charge is 2.24. The van der Waals surface area contributed by atoms with Crippen LogP contribution in [-0.4, -0.2) is 24.9 Å². The number of halogens is 1. The van der Waals surface area contributed by atoms with Crippen molar-refractivity contribution in [3.63, 3.8) is 0 Å². The lowest BCUT2D eigenvalue weighted by atomic mass is 10.2. The zero-order chi connectivity index (χ0) is 19.4. The zero-order valence-electron chi connectivity index (χ0n) is 13.8. The molecule has 1 heterocycles. The molecule has 3 rings (SSSR count). The molecule has 0 radical (unpaired) electrons. The van der Waals surface area contributed by atoms with Gasteiger partial charge in [-0.25, -0.2) is 22.5 Å². The summed E-state index contributed by atoms with van der Waals surface area (Å²) in [5.74, 6) is -0.333. The van der Waals surface area contributed by atoms with E-state index in [0.717, 1.165) is 11.6 Å². The Labute approximate surface area is 158 Å².